The van der Waals surface area contributed by atoms with Crippen LogP contribution in [-0.4, -0.2) is 43.6 Å². The highest BCUT2D eigenvalue weighted by molar-refractivity contribution is 6.30. The Bertz CT molecular complexity index is 994. The molecule has 0 saturated carbocycles. The number of nitriles is 2. The van der Waals surface area contributed by atoms with Gasteiger partial charge in [-0.1, -0.05) is 23.7 Å². The summed E-state index contributed by atoms with van der Waals surface area (Å²) in [4.78, 5) is 26.0. The van der Waals surface area contributed by atoms with Crippen LogP contribution in [0.4, 0.5) is 0 Å². The molecule has 9 heteroatoms. The SMILES string of the molecule is COc1cc(C(=O)OCC(=O)N(CCC#N)CCC#N)ccc1OCc1ccc(Cl)cc1. The average Bonchev–Trinajstić information content (AvgIpc) is 2.82. The number of ether oxygens (including phenoxy) is 3. The summed E-state index contributed by atoms with van der Waals surface area (Å²) >= 11 is 5.88. The number of hydrogen-bond donors (Lipinski definition) is 0. The van der Waals surface area contributed by atoms with E-state index in [1.807, 2.05) is 24.3 Å². The smallest absolute Gasteiger partial charge is 0.338 e. The van der Waals surface area contributed by atoms with Crippen LogP contribution in [0.2, 0.25) is 5.02 Å². The van der Waals surface area contributed by atoms with Crippen LogP contribution in [0.5, 0.6) is 11.5 Å². The van der Waals surface area contributed by atoms with E-state index in [1.165, 1.54) is 24.1 Å². The number of carbonyl (C=O) groups is 2. The van der Waals surface area contributed by atoms with Crippen molar-refractivity contribution < 1.29 is 23.8 Å². The van der Waals surface area contributed by atoms with Crippen molar-refractivity contribution in [2.45, 2.75) is 19.4 Å². The molecule has 0 aliphatic carbocycles. The van der Waals surface area contributed by atoms with E-state index in [1.54, 1.807) is 18.2 Å². The lowest BCUT2D eigenvalue weighted by Gasteiger charge is -2.20. The molecular weight excluding hydrogens is 434 g/mol. The molecule has 1 amide bonds. The number of rotatable bonds is 11. The monoisotopic (exact) mass is 455 g/mol. The third-order valence-electron chi connectivity index (χ3n) is 4.37. The van der Waals surface area contributed by atoms with E-state index in [9.17, 15) is 9.59 Å². The summed E-state index contributed by atoms with van der Waals surface area (Å²) in [7, 11) is 1.45. The molecule has 0 unspecified atom stereocenters. The summed E-state index contributed by atoms with van der Waals surface area (Å²) < 4.78 is 16.2. The molecule has 0 bridgehead atoms. The number of methoxy groups -OCH3 is 1. The van der Waals surface area contributed by atoms with Gasteiger partial charge in [-0.3, -0.25) is 4.79 Å². The predicted molar refractivity (Wildman–Crippen MR) is 116 cm³/mol. The molecular formula is C23H22ClN3O5. The Morgan fingerprint density at radius 3 is 2.25 bits per heavy atom. The highest BCUT2D eigenvalue weighted by atomic mass is 35.5. The third kappa shape index (κ3) is 7.50. The Hall–Kier alpha value is -3.75. The van der Waals surface area contributed by atoms with Crippen LogP contribution >= 0.6 is 11.6 Å². The van der Waals surface area contributed by atoms with E-state index in [2.05, 4.69) is 0 Å². The summed E-state index contributed by atoms with van der Waals surface area (Å²) in [6.45, 7) is 0.129. The number of esters is 1. The Labute approximate surface area is 191 Å². The van der Waals surface area contributed by atoms with Crippen LogP contribution in [0.15, 0.2) is 42.5 Å². The van der Waals surface area contributed by atoms with Gasteiger partial charge in [-0.2, -0.15) is 10.5 Å². The number of hydrogen-bond acceptors (Lipinski definition) is 7. The fourth-order valence-corrected chi connectivity index (χ4v) is 2.81. The van der Waals surface area contributed by atoms with E-state index >= 15 is 0 Å². The Kier molecular flexibility index (Phi) is 9.83. The molecule has 0 spiro atoms. The van der Waals surface area contributed by atoms with Gasteiger partial charge < -0.3 is 19.1 Å². The second-order valence-electron chi connectivity index (χ2n) is 6.55. The van der Waals surface area contributed by atoms with Gasteiger partial charge in [0, 0.05) is 18.1 Å². The van der Waals surface area contributed by atoms with Crippen LogP contribution < -0.4 is 9.47 Å². The molecule has 166 valence electrons. The van der Waals surface area contributed by atoms with Crippen LogP contribution in [-0.2, 0) is 16.1 Å². The van der Waals surface area contributed by atoms with Crippen molar-refractivity contribution in [1.29, 1.82) is 10.5 Å². The lowest BCUT2D eigenvalue weighted by Crippen LogP contribution is -2.36. The largest absolute Gasteiger partial charge is 0.493 e. The standard InChI is InChI=1S/C23H22ClN3O5/c1-30-21-14-18(6-9-20(21)31-15-17-4-7-19(24)8-5-17)23(29)32-16-22(28)27(12-2-10-25)13-3-11-26/h4-9,14H,2-3,12-13,15-16H2,1H3. The molecule has 8 nitrogen and oxygen atoms in total. The first-order valence-corrected chi connectivity index (χ1v) is 10.1. The predicted octanol–water partition coefficient (Wildman–Crippen LogP) is 3.74. The quantitative estimate of drug-likeness (QED) is 0.474. The summed E-state index contributed by atoms with van der Waals surface area (Å²) in [5.74, 6) is -0.404. The van der Waals surface area contributed by atoms with Crippen molar-refractivity contribution in [2.75, 3.05) is 26.8 Å². The summed E-state index contributed by atoms with van der Waals surface area (Å²) in [6, 6.07) is 15.7. The molecule has 0 radical (unpaired) electrons. The number of benzene rings is 2. The first-order chi connectivity index (χ1) is 15.5. The van der Waals surface area contributed by atoms with Crippen LogP contribution in [0.1, 0.15) is 28.8 Å². The van der Waals surface area contributed by atoms with Crippen molar-refractivity contribution in [1.82, 2.24) is 4.90 Å². The number of carbonyl (C=O) groups excluding carboxylic acids is 2. The Morgan fingerprint density at radius 1 is 1.00 bits per heavy atom. The zero-order valence-corrected chi connectivity index (χ0v) is 18.3. The van der Waals surface area contributed by atoms with Crippen molar-refractivity contribution in [3.8, 4) is 23.6 Å². The molecule has 0 saturated heterocycles. The highest BCUT2D eigenvalue weighted by Crippen LogP contribution is 2.29. The summed E-state index contributed by atoms with van der Waals surface area (Å²) in [5, 5.41) is 18.0. The van der Waals surface area contributed by atoms with Gasteiger partial charge in [0.15, 0.2) is 18.1 Å². The number of amides is 1. The van der Waals surface area contributed by atoms with Gasteiger partial charge in [-0.25, -0.2) is 4.79 Å². The van der Waals surface area contributed by atoms with Crippen molar-refractivity contribution in [3.05, 3.63) is 58.6 Å². The number of halogens is 1. The van der Waals surface area contributed by atoms with E-state index < -0.39 is 18.5 Å². The molecule has 0 atom stereocenters. The van der Waals surface area contributed by atoms with Crippen LogP contribution in [0.25, 0.3) is 0 Å². The highest BCUT2D eigenvalue weighted by Gasteiger charge is 2.18. The van der Waals surface area contributed by atoms with E-state index in [0.29, 0.717) is 16.5 Å². The molecule has 2 aromatic rings. The fraction of sp³-hybridized carbons (Fsp3) is 0.304. The maximum absolute atomic E-state index is 12.4. The van der Waals surface area contributed by atoms with Crippen molar-refractivity contribution in [2.24, 2.45) is 0 Å². The van der Waals surface area contributed by atoms with Gasteiger partial charge in [-0.15, -0.1) is 0 Å². The lowest BCUT2D eigenvalue weighted by molar-refractivity contribution is -0.134. The molecule has 0 aliphatic rings. The zero-order chi connectivity index (χ0) is 23.3. The maximum Gasteiger partial charge on any atom is 0.338 e. The first-order valence-electron chi connectivity index (χ1n) is 9.72. The molecule has 0 fully saturated rings. The lowest BCUT2D eigenvalue weighted by atomic mass is 10.2. The van der Waals surface area contributed by atoms with Gasteiger partial charge in [0.05, 0.1) is 37.7 Å². The van der Waals surface area contributed by atoms with Crippen LogP contribution in [0.3, 0.4) is 0 Å². The van der Waals surface area contributed by atoms with Gasteiger partial charge in [-0.05, 0) is 35.9 Å². The van der Waals surface area contributed by atoms with Gasteiger partial charge in [0.1, 0.15) is 6.61 Å². The average molecular weight is 456 g/mol. The summed E-state index contributed by atoms with van der Waals surface area (Å²) in [6.07, 6.45) is 0.250. The van der Waals surface area contributed by atoms with E-state index in [-0.39, 0.29) is 38.1 Å². The molecule has 32 heavy (non-hydrogen) atoms. The topological polar surface area (TPSA) is 113 Å². The van der Waals surface area contributed by atoms with Crippen molar-refractivity contribution in [3.63, 3.8) is 0 Å². The van der Waals surface area contributed by atoms with Crippen LogP contribution in [0, 0.1) is 22.7 Å². The van der Waals surface area contributed by atoms with Crippen molar-refractivity contribution >= 4 is 23.5 Å². The van der Waals surface area contributed by atoms with Gasteiger partial charge in [0.2, 0.25) is 0 Å². The molecule has 0 aliphatic heterocycles. The van der Waals surface area contributed by atoms with Gasteiger partial charge >= 0.3 is 5.97 Å². The molecule has 2 aromatic carbocycles. The minimum atomic E-state index is -0.707. The fourth-order valence-electron chi connectivity index (χ4n) is 2.69. The Morgan fingerprint density at radius 2 is 1.66 bits per heavy atom. The zero-order valence-electron chi connectivity index (χ0n) is 17.5. The minimum absolute atomic E-state index is 0.125. The van der Waals surface area contributed by atoms with E-state index in [0.717, 1.165) is 5.56 Å². The normalized spacial score (nSPS) is 9.88. The first kappa shape index (κ1) is 24.5. The maximum atomic E-state index is 12.4. The number of nitrogens with zero attached hydrogens (tertiary/aromatic N) is 3. The van der Waals surface area contributed by atoms with E-state index in [4.69, 9.17) is 36.3 Å². The summed E-state index contributed by atoms with van der Waals surface area (Å²) in [5.41, 5.74) is 1.10. The molecule has 0 N–H and O–H groups in total. The molecule has 2 rings (SSSR count). The molecule has 0 heterocycles. The molecule has 0 aromatic heterocycles. The minimum Gasteiger partial charge on any atom is -0.493 e. The second kappa shape index (κ2) is 12.8. The Balaban J connectivity index is 1.97. The van der Waals surface area contributed by atoms with Gasteiger partial charge in [0.25, 0.3) is 5.91 Å². The second-order valence-corrected chi connectivity index (χ2v) is 6.99. The third-order valence-corrected chi connectivity index (χ3v) is 4.63.